The van der Waals surface area contributed by atoms with Gasteiger partial charge in [0.1, 0.15) is 11.5 Å². The standard InChI is InChI=1S/C25H25N3O5/c1-2-32-19-11-9-18(10-12-19)28-16-17(14-23(28)29)24(30)27-22-8-4-3-7-21(22)25(31)26-15-20-6-5-13-33-20/h3-13,17H,2,14-16H2,1H3,(H,26,31)(H,27,30). The van der Waals surface area contributed by atoms with Crippen LogP contribution in [0.15, 0.2) is 71.3 Å². The quantitative estimate of drug-likeness (QED) is 0.550. The predicted octanol–water partition coefficient (Wildman–Crippen LogP) is 3.60. The minimum atomic E-state index is -0.525. The van der Waals surface area contributed by atoms with Crippen molar-refractivity contribution in [3.63, 3.8) is 0 Å². The highest BCUT2D eigenvalue weighted by molar-refractivity contribution is 6.07. The number of hydrogen-bond donors (Lipinski definition) is 2. The molecule has 4 rings (SSSR count). The van der Waals surface area contributed by atoms with E-state index in [9.17, 15) is 14.4 Å². The van der Waals surface area contributed by atoms with E-state index in [-0.39, 0.29) is 37.2 Å². The second-order valence-electron chi connectivity index (χ2n) is 7.63. The summed E-state index contributed by atoms with van der Waals surface area (Å²) in [7, 11) is 0. The average Bonchev–Trinajstić information content (AvgIpc) is 3.48. The first-order valence-electron chi connectivity index (χ1n) is 10.8. The molecular formula is C25H25N3O5. The molecule has 2 heterocycles. The number of hydrogen-bond acceptors (Lipinski definition) is 5. The number of rotatable bonds is 8. The summed E-state index contributed by atoms with van der Waals surface area (Å²) in [5.74, 6) is 0.0730. The topological polar surface area (TPSA) is 101 Å². The highest BCUT2D eigenvalue weighted by Gasteiger charge is 2.35. The zero-order valence-electron chi connectivity index (χ0n) is 18.2. The second-order valence-corrected chi connectivity index (χ2v) is 7.63. The van der Waals surface area contributed by atoms with E-state index >= 15 is 0 Å². The number of furan rings is 1. The Hall–Kier alpha value is -4.07. The molecule has 170 valence electrons. The van der Waals surface area contributed by atoms with E-state index in [1.165, 1.54) is 6.26 Å². The molecule has 2 N–H and O–H groups in total. The van der Waals surface area contributed by atoms with Crippen LogP contribution in [0.3, 0.4) is 0 Å². The van der Waals surface area contributed by atoms with Crippen molar-refractivity contribution in [2.45, 2.75) is 19.9 Å². The van der Waals surface area contributed by atoms with Gasteiger partial charge in [0.2, 0.25) is 11.8 Å². The zero-order valence-corrected chi connectivity index (χ0v) is 18.2. The van der Waals surface area contributed by atoms with Gasteiger partial charge in [-0.25, -0.2) is 0 Å². The van der Waals surface area contributed by atoms with Crippen LogP contribution in [-0.2, 0) is 16.1 Å². The largest absolute Gasteiger partial charge is 0.494 e. The summed E-state index contributed by atoms with van der Waals surface area (Å²) in [6, 6.07) is 17.5. The summed E-state index contributed by atoms with van der Waals surface area (Å²) in [5, 5.41) is 5.60. The Balaban J connectivity index is 1.40. The molecule has 0 aliphatic carbocycles. The number of nitrogens with zero attached hydrogens (tertiary/aromatic N) is 1. The normalized spacial score (nSPS) is 15.4. The first-order valence-corrected chi connectivity index (χ1v) is 10.8. The molecule has 1 unspecified atom stereocenters. The number of carbonyl (C=O) groups excluding carboxylic acids is 3. The van der Waals surface area contributed by atoms with Crippen molar-refractivity contribution in [3.8, 4) is 5.75 Å². The number of benzene rings is 2. The third kappa shape index (κ3) is 5.23. The zero-order chi connectivity index (χ0) is 23.2. The lowest BCUT2D eigenvalue weighted by atomic mass is 10.1. The van der Waals surface area contributed by atoms with Crippen LogP contribution in [0.1, 0.15) is 29.5 Å². The van der Waals surface area contributed by atoms with Crippen LogP contribution in [0.25, 0.3) is 0 Å². The van der Waals surface area contributed by atoms with E-state index < -0.39 is 5.92 Å². The molecule has 3 amide bonds. The Morgan fingerprint density at radius 1 is 1.09 bits per heavy atom. The molecular weight excluding hydrogens is 422 g/mol. The van der Waals surface area contributed by atoms with Crippen LogP contribution in [0, 0.1) is 5.92 Å². The van der Waals surface area contributed by atoms with Crippen molar-refractivity contribution >= 4 is 29.1 Å². The van der Waals surface area contributed by atoms with Crippen LogP contribution in [0.4, 0.5) is 11.4 Å². The highest BCUT2D eigenvalue weighted by Crippen LogP contribution is 2.28. The van der Waals surface area contributed by atoms with E-state index in [4.69, 9.17) is 9.15 Å². The fraction of sp³-hybridized carbons (Fsp3) is 0.240. The number of para-hydroxylation sites is 1. The third-order valence-corrected chi connectivity index (χ3v) is 5.39. The predicted molar refractivity (Wildman–Crippen MR) is 123 cm³/mol. The van der Waals surface area contributed by atoms with Crippen LogP contribution < -0.4 is 20.3 Å². The van der Waals surface area contributed by atoms with E-state index in [0.717, 1.165) is 11.4 Å². The van der Waals surface area contributed by atoms with Crippen molar-refractivity contribution in [1.82, 2.24) is 5.32 Å². The fourth-order valence-electron chi connectivity index (χ4n) is 3.72. The van der Waals surface area contributed by atoms with Gasteiger partial charge < -0.3 is 24.7 Å². The SMILES string of the molecule is CCOc1ccc(N2CC(C(=O)Nc3ccccc3C(=O)NCc3ccco3)CC2=O)cc1. The minimum Gasteiger partial charge on any atom is -0.494 e. The number of anilines is 2. The lowest BCUT2D eigenvalue weighted by Gasteiger charge is -2.17. The molecule has 1 aliphatic rings. The van der Waals surface area contributed by atoms with Crippen LogP contribution in [-0.4, -0.2) is 30.9 Å². The van der Waals surface area contributed by atoms with Gasteiger partial charge in [0.25, 0.3) is 5.91 Å². The highest BCUT2D eigenvalue weighted by atomic mass is 16.5. The van der Waals surface area contributed by atoms with Crippen LogP contribution >= 0.6 is 0 Å². The summed E-state index contributed by atoms with van der Waals surface area (Å²) in [6.07, 6.45) is 1.64. The van der Waals surface area contributed by atoms with Gasteiger partial charge in [-0.3, -0.25) is 14.4 Å². The van der Waals surface area contributed by atoms with Gasteiger partial charge in [-0.05, 0) is 55.5 Å². The molecule has 1 saturated heterocycles. The Bertz CT molecular complexity index is 1130. The van der Waals surface area contributed by atoms with E-state index in [2.05, 4.69) is 10.6 Å². The van der Waals surface area contributed by atoms with Crippen LogP contribution in [0.2, 0.25) is 0 Å². The minimum absolute atomic E-state index is 0.103. The van der Waals surface area contributed by atoms with E-state index in [1.54, 1.807) is 53.4 Å². The second kappa shape index (κ2) is 10.0. The smallest absolute Gasteiger partial charge is 0.253 e. The van der Waals surface area contributed by atoms with Gasteiger partial charge in [-0.2, -0.15) is 0 Å². The monoisotopic (exact) mass is 447 g/mol. The van der Waals surface area contributed by atoms with Crippen molar-refractivity contribution in [2.75, 3.05) is 23.4 Å². The molecule has 0 spiro atoms. The third-order valence-electron chi connectivity index (χ3n) is 5.39. The molecule has 1 atom stereocenters. The summed E-state index contributed by atoms with van der Waals surface area (Å²) < 4.78 is 10.7. The van der Waals surface area contributed by atoms with Gasteiger partial charge in [-0.1, -0.05) is 12.1 Å². The fourth-order valence-corrected chi connectivity index (χ4v) is 3.72. The molecule has 2 aromatic carbocycles. The Labute approximate surface area is 191 Å². The summed E-state index contributed by atoms with van der Waals surface area (Å²) in [4.78, 5) is 39.8. The lowest BCUT2D eigenvalue weighted by molar-refractivity contribution is -0.122. The molecule has 0 radical (unpaired) electrons. The molecule has 8 nitrogen and oxygen atoms in total. The summed E-state index contributed by atoms with van der Waals surface area (Å²) >= 11 is 0. The van der Waals surface area contributed by atoms with Gasteiger partial charge >= 0.3 is 0 Å². The van der Waals surface area contributed by atoms with Crippen molar-refractivity contribution < 1.29 is 23.5 Å². The first-order chi connectivity index (χ1) is 16.0. The maximum absolute atomic E-state index is 12.9. The Morgan fingerprint density at radius 2 is 1.88 bits per heavy atom. The maximum atomic E-state index is 12.9. The Morgan fingerprint density at radius 3 is 2.61 bits per heavy atom. The number of amides is 3. The van der Waals surface area contributed by atoms with Crippen molar-refractivity contribution in [2.24, 2.45) is 5.92 Å². The molecule has 8 heteroatoms. The number of ether oxygens (including phenoxy) is 1. The van der Waals surface area contributed by atoms with E-state index in [0.29, 0.717) is 23.6 Å². The van der Waals surface area contributed by atoms with Crippen molar-refractivity contribution in [3.05, 3.63) is 78.3 Å². The van der Waals surface area contributed by atoms with Crippen LogP contribution in [0.5, 0.6) is 5.75 Å². The first kappa shape index (κ1) is 22.1. The number of nitrogens with one attached hydrogen (secondary N) is 2. The summed E-state index contributed by atoms with van der Waals surface area (Å²) in [6.45, 7) is 2.97. The lowest BCUT2D eigenvalue weighted by Crippen LogP contribution is -2.29. The van der Waals surface area contributed by atoms with Gasteiger partial charge in [0, 0.05) is 18.7 Å². The van der Waals surface area contributed by atoms with Crippen molar-refractivity contribution in [1.29, 1.82) is 0 Å². The molecule has 0 bridgehead atoms. The molecule has 3 aromatic rings. The Kier molecular flexibility index (Phi) is 6.73. The number of carbonyl (C=O) groups is 3. The van der Waals surface area contributed by atoms with E-state index in [1.807, 2.05) is 19.1 Å². The van der Waals surface area contributed by atoms with Gasteiger partial charge in [0.15, 0.2) is 0 Å². The molecule has 33 heavy (non-hydrogen) atoms. The average molecular weight is 447 g/mol. The molecule has 1 fully saturated rings. The molecule has 0 saturated carbocycles. The molecule has 1 aliphatic heterocycles. The summed E-state index contributed by atoms with van der Waals surface area (Å²) in [5.41, 5.74) is 1.45. The van der Waals surface area contributed by atoms with Gasteiger partial charge in [0.05, 0.1) is 36.6 Å². The maximum Gasteiger partial charge on any atom is 0.253 e. The molecule has 1 aromatic heterocycles. The van der Waals surface area contributed by atoms with Gasteiger partial charge in [-0.15, -0.1) is 0 Å².